The molecule has 0 aromatic heterocycles. The van der Waals surface area contributed by atoms with E-state index in [4.69, 9.17) is 16.3 Å². The molecule has 2 aromatic rings. The predicted molar refractivity (Wildman–Crippen MR) is 159 cm³/mol. The Balaban J connectivity index is 1.69. The molecule has 2 aromatic carbocycles. The first-order chi connectivity index (χ1) is 19.0. The van der Waals surface area contributed by atoms with E-state index in [1.807, 2.05) is 76.2 Å². The van der Waals surface area contributed by atoms with Gasteiger partial charge in [0.25, 0.3) is 0 Å². The summed E-state index contributed by atoms with van der Waals surface area (Å²) in [6.07, 6.45) is 0.226. The Bertz CT molecular complexity index is 1150. The van der Waals surface area contributed by atoms with E-state index < -0.39 is 28.9 Å². The minimum atomic E-state index is -0.670. The topological polar surface area (TPSA) is 117 Å². The number of rotatable bonds is 13. The number of halogens is 1. The van der Waals surface area contributed by atoms with Crippen LogP contribution in [0.1, 0.15) is 64.2 Å². The molecule has 1 fully saturated rings. The van der Waals surface area contributed by atoms with Gasteiger partial charge in [0, 0.05) is 22.9 Å². The number of carbonyl (C=O) groups excluding carboxylic acids is 3. The summed E-state index contributed by atoms with van der Waals surface area (Å²) in [5, 5.41) is 15.5. The molecular formula is C30H40ClN3O5S. The molecule has 10 heteroatoms. The van der Waals surface area contributed by atoms with E-state index in [0.717, 1.165) is 23.1 Å². The van der Waals surface area contributed by atoms with Crippen molar-refractivity contribution >= 4 is 41.5 Å². The third-order valence-electron chi connectivity index (χ3n) is 7.11. The molecule has 1 unspecified atom stereocenters. The largest absolute Gasteiger partial charge is 0.440 e. The summed E-state index contributed by atoms with van der Waals surface area (Å²) in [5.74, 6) is -0.429. The second kappa shape index (κ2) is 14.8. The van der Waals surface area contributed by atoms with Crippen molar-refractivity contribution in [3.8, 4) is 0 Å². The molecule has 218 valence electrons. The second-order valence-electron chi connectivity index (χ2n) is 11.2. The average molecular weight is 590 g/mol. The Hall–Kier alpha value is -2.75. The van der Waals surface area contributed by atoms with Crippen molar-refractivity contribution in [1.29, 1.82) is 0 Å². The number of hydrogen-bond donors (Lipinski definition) is 4. The quantitative estimate of drug-likeness (QED) is 0.240. The van der Waals surface area contributed by atoms with Gasteiger partial charge in [-0.2, -0.15) is 0 Å². The van der Waals surface area contributed by atoms with E-state index >= 15 is 0 Å². The zero-order chi connectivity index (χ0) is 29.3. The highest BCUT2D eigenvalue weighted by Crippen LogP contribution is 2.40. The lowest BCUT2D eigenvalue weighted by Crippen LogP contribution is -2.45. The van der Waals surface area contributed by atoms with Gasteiger partial charge in [0.05, 0.1) is 12.6 Å². The van der Waals surface area contributed by atoms with Crippen LogP contribution in [0, 0.1) is 11.8 Å². The fraction of sp³-hybridized carbons (Fsp3) is 0.500. The zero-order valence-electron chi connectivity index (χ0n) is 23.5. The number of amides is 3. The first kappa shape index (κ1) is 31.8. The summed E-state index contributed by atoms with van der Waals surface area (Å²) in [5.41, 5.74) is 1.12. The molecule has 4 N–H and O–H groups in total. The summed E-state index contributed by atoms with van der Waals surface area (Å²) in [6.45, 7) is 8.29. The third-order valence-corrected chi connectivity index (χ3v) is 8.32. The predicted octanol–water partition coefficient (Wildman–Crippen LogP) is 5.15. The second-order valence-corrected chi connectivity index (χ2v) is 12.6. The highest BCUT2D eigenvalue weighted by atomic mass is 35.5. The number of ether oxygens (including phenoxy) is 1. The van der Waals surface area contributed by atoms with Gasteiger partial charge in [0.2, 0.25) is 11.8 Å². The van der Waals surface area contributed by atoms with Gasteiger partial charge in [-0.15, -0.1) is 0 Å². The van der Waals surface area contributed by atoms with E-state index in [1.165, 1.54) is 0 Å². The van der Waals surface area contributed by atoms with Gasteiger partial charge in [-0.1, -0.05) is 81.8 Å². The lowest BCUT2D eigenvalue weighted by atomic mass is 9.76. The molecule has 8 nitrogen and oxygen atoms in total. The van der Waals surface area contributed by atoms with Crippen LogP contribution in [0.2, 0.25) is 5.02 Å². The number of carbonyl (C=O) groups is 3. The van der Waals surface area contributed by atoms with Crippen molar-refractivity contribution < 1.29 is 24.2 Å². The van der Waals surface area contributed by atoms with Crippen LogP contribution in [0.25, 0.3) is 0 Å². The Labute approximate surface area is 246 Å². The molecule has 1 saturated heterocycles. The molecule has 0 aliphatic carbocycles. The van der Waals surface area contributed by atoms with Gasteiger partial charge in [-0.25, -0.2) is 4.79 Å². The van der Waals surface area contributed by atoms with Gasteiger partial charge < -0.3 is 20.5 Å². The SMILES string of the molecule is CC(C)C[C@H](SNC(=O)OC(c1ccccc1)C(C)(C)c1cccc(Cl)c1)C(=O)N[C@H](CO)C[C@@H]1CCNC1=O. The molecule has 0 radical (unpaired) electrons. The normalized spacial score (nSPS) is 17.6. The Morgan fingerprint density at radius 2 is 1.90 bits per heavy atom. The van der Waals surface area contributed by atoms with Crippen LogP contribution in [-0.4, -0.2) is 47.5 Å². The molecule has 40 heavy (non-hydrogen) atoms. The molecule has 0 spiro atoms. The van der Waals surface area contributed by atoms with E-state index in [0.29, 0.717) is 30.8 Å². The fourth-order valence-corrected chi connectivity index (χ4v) is 6.01. The van der Waals surface area contributed by atoms with Gasteiger partial charge in [-0.05, 0) is 60.4 Å². The Morgan fingerprint density at radius 1 is 1.18 bits per heavy atom. The van der Waals surface area contributed by atoms with Crippen LogP contribution in [-0.2, 0) is 19.7 Å². The molecule has 0 saturated carbocycles. The summed E-state index contributed by atoms with van der Waals surface area (Å²) >= 11 is 7.26. The van der Waals surface area contributed by atoms with Gasteiger partial charge >= 0.3 is 6.09 Å². The monoisotopic (exact) mass is 589 g/mol. The third kappa shape index (κ3) is 8.88. The van der Waals surface area contributed by atoms with E-state index in [2.05, 4.69) is 15.4 Å². The van der Waals surface area contributed by atoms with Gasteiger partial charge in [-0.3, -0.25) is 14.3 Å². The van der Waals surface area contributed by atoms with Crippen molar-refractivity contribution in [2.24, 2.45) is 11.8 Å². The minimum absolute atomic E-state index is 0.0566. The Morgan fingerprint density at radius 3 is 2.50 bits per heavy atom. The molecule has 0 bridgehead atoms. The molecule has 1 heterocycles. The average Bonchev–Trinajstić information content (AvgIpc) is 3.33. The molecule has 1 aliphatic rings. The molecule has 3 amide bonds. The van der Waals surface area contributed by atoms with Crippen molar-refractivity contribution in [2.75, 3.05) is 13.2 Å². The van der Waals surface area contributed by atoms with E-state index in [9.17, 15) is 19.5 Å². The summed E-state index contributed by atoms with van der Waals surface area (Å²) < 4.78 is 8.72. The van der Waals surface area contributed by atoms with Crippen LogP contribution >= 0.6 is 23.5 Å². The van der Waals surface area contributed by atoms with Crippen LogP contribution in [0.3, 0.4) is 0 Å². The van der Waals surface area contributed by atoms with Crippen LogP contribution in [0.15, 0.2) is 54.6 Å². The maximum Gasteiger partial charge on any atom is 0.417 e. The molecular weight excluding hydrogens is 550 g/mol. The maximum atomic E-state index is 13.2. The van der Waals surface area contributed by atoms with Crippen molar-refractivity contribution in [1.82, 2.24) is 15.4 Å². The fourth-order valence-electron chi connectivity index (χ4n) is 4.87. The summed E-state index contributed by atoms with van der Waals surface area (Å²) in [7, 11) is 0. The number of aliphatic hydroxyl groups is 1. The number of nitrogens with one attached hydrogen (secondary N) is 3. The van der Waals surface area contributed by atoms with Crippen molar-refractivity contribution in [3.05, 3.63) is 70.7 Å². The molecule has 1 aliphatic heterocycles. The standard InChI is InChI=1S/C30H40ClN3O5S/c1-19(2)15-25(28(37)33-24(18-35)16-21-13-14-32-27(21)36)40-34-29(38)39-26(20-9-6-5-7-10-20)30(3,4)22-11-8-12-23(31)17-22/h5-12,17,19,21,24-26,35H,13-16,18H2,1-4H3,(H,32,36)(H,33,37)(H,34,38)/t21-,24-,25-,26?/m0/s1. The summed E-state index contributed by atoms with van der Waals surface area (Å²) in [4.78, 5) is 38.3. The minimum Gasteiger partial charge on any atom is -0.440 e. The highest BCUT2D eigenvalue weighted by molar-refractivity contribution is 7.99. The maximum absolute atomic E-state index is 13.2. The van der Waals surface area contributed by atoms with Crippen LogP contribution < -0.4 is 15.4 Å². The molecule has 3 rings (SSSR count). The summed E-state index contributed by atoms with van der Waals surface area (Å²) in [6, 6.07) is 16.4. The first-order valence-electron chi connectivity index (χ1n) is 13.6. The zero-order valence-corrected chi connectivity index (χ0v) is 25.1. The van der Waals surface area contributed by atoms with E-state index in [1.54, 1.807) is 6.07 Å². The molecule has 4 atom stereocenters. The number of benzene rings is 2. The van der Waals surface area contributed by atoms with Gasteiger partial charge in [0.1, 0.15) is 11.4 Å². The van der Waals surface area contributed by atoms with Crippen LogP contribution in [0.5, 0.6) is 0 Å². The Kier molecular flexibility index (Phi) is 11.7. The van der Waals surface area contributed by atoms with Crippen LogP contribution in [0.4, 0.5) is 4.79 Å². The van der Waals surface area contributed by atoms with E-state index in [-0.39, 0.29) is 30.3 Å². The number of hydrogen-bond acceptors (Lipinski definition) is 6. The first-order valence-corrected chi connectivity index (χ1v) is 14.9. The smallest absolute Gasteiger partial charge is 0.417 e. The van der Waals surface area contributed by atoms with Crippen molar-refractivity contribution in [2.45, 2.75) is 69.8 Å². The lowest BCUT2D eigenvalue weighted by molar-refractivity contribution is -0.125. The van der Waals surface area contributed by atoms with Crippen molar-refractivity contribution in [3.63, 3.8) is 0 Å². The highest BCUT2D eigenvalue weighted by Gasteiger charge is 2.36. The number of aliphatic hydroxyl groups excluding tert-OH is 1. The van der Waals surface area contributed by atoms with Gasteiger partial charge in [0.15, 0.2) is 0 Å². The lowest BCUT2D eigenvalue weighted by Gasteiger charge is -2.35.